The van der Waals surface area contributed by atoms with Gasteiger partial charge in [-0.05, 0) is 47.7 Å². The van der Waals surface area contributed by atoms with Gasteiger partial charge in [0.15, 0.2) is 0 Å². The van der Waals surface area contributed by atoms with Crippen molar-refractivity contribution in [3.63, 3.8) is 0 Å². The van der Waals surface area contributed by atoms with Crippen LogP contribution in [0.2, 0.25) is 5.02 Å². The largest absolute Gasteiger partial charge is 0.354 e. The molecule has 0 aliphatic carbocycles. The van der Waals surface area contributed by atoms with Crippen LogP contribution in [0.3, 0.4) is 0 Å². The Kier molecular flexibility index (Phi) is 11.6. The predicted molar refractivity (Wildman–Crippen MR) is 162 cm³/mol. The number of carbonyl (C=O) groups is 2. The molecule has 0 saturated heterocycles. The van der Waals surface area contributed by atoms with Gasteiger partial charge in [0.05, 0.1) is 11.9 Å². The third kappa shape index (κ3) is 9.68. The SMILES string of the molecule is CC(C)CNC(=O)[C@H](Cc1ccccc1)N(Cc1ccc(Cl)cc1)C(=O)CCCN(c1ccccc1)S(C)(=O)=O. The molecular formula is C31H38ClN3O4S. The van der Waals surface area contributed by atoms with E-state index in [1.165, 1.54) is 4.31 Å². The van der Waals surface area contributed by atoms with Crippen molar-refractivity contribution in [3.05, 3.63) is 101 Å². The molecule has 9 heteroatoms. The van der Waals surface area contributed by atoms with Crippen LogP contribution in [-0.4, -0.2) is 50.5 Å². The van der Waals surface area contributed by atoms with Crippen LogP contribution in [-0.2, 0) is 32.6 Å². The lowest BCUT2D eigenvalue weighted by atomic mass is 10.0. The van der Waals surface area contributed by atoms with E-state index >= 15 is 0 Å². The number of nitrogens with one attached hydrogen (secondary N) is 1. The number of carbonyl (C=O) groups excluding carboxylic acids is 2. The average Bonchev–Trinajstić information content (AvgIpc) is 2.93. The number of hydrogen-bond donors (Lipinski definition) is 1. The number of rotatable bonds is 14. The number of hydrogen-bond acceptors (Lipinski definition) is 4. The minimum atomic E-state index is -3.54. The molecule has 0 spiro atoms. The first-order valence-electron chi connectivity index (χ1n) is 13.4. The molecule has 0 fully saturated rings. The first kappa shape index (κ1) is 31.2. The highest BCUT2D eigenvalue weighted by atomic mass is 35.5. The van der Waals surface area contributed by atoms with Gasteiger partial charge in [-0.2, -0.15) is 0 Å². The van der Waals surface area contributed by atoms with Crippen LogP contribution in [0.5, 0.6) is 0 Å². The number of anilines is 1. The maximum atomic E-state index is 13.8. The van der Waals surface area contributed by atoms with Gasteiger partial charge < -0.3 is 10.2 Å². The molecule has 0 radical (unpaired) electrons. The molecule has 40 heavy (non-hydrogen) atoms. The predicted octanol–water partition coefficient (Wildman–Crippen LogP) is 5.30. The third-order valence-corrected chi connectivity index (χ3v) is 7.86. The molecular weight excluding hydrogens is 546 g/mol. The first-order valence-corrected chi connectivity index (χ1v) is 15.7. The van der Waals surface area contributed by atoms with Crippen molar-refractivity contribution in [3.8, 4) is 0 Å². The van der Waals surface area contributed by atoms with Gasteiger partial charge in [-0.3, -0.25) is 13.9 Å². The Bertz CT molecular complexity index is 1330. The maximum Gasteiger partial charge on any atom is 0.243 e. The summed E-state index contributed by atoms with van der Waals surface area (Å²) in [7, 11) is -3.54. The van der Waals surface area contributed by atoms with Crippen molar-refractivity contribution in [2.75, 3.05) is 23.7 Å². The van der Waals surface area contributed by atoms with Gasteiger partial charge in [-0.15, -0.1) is 0 Å². The van der Waals surface area contributed by atoms with E-state index in [0.717, 1.165) is 17.4 Å². The fourth-order valence-electron chi connectivity index (χ4n) is 4.36. The number of amides is 2. The lowest BCUT2D eigenvalue weighted by molar-refractivity contribution is -0.141. The second kappa shape index (κ2) is 14.9. The standard InChI is InChI=1S/C31H38ClN3O4S/c1-24(2)22-33-31(37)29(21-25-11-6-4-7-12-25)34(23-26-16-18-27(32)19-17-26)30(36)15-10-20-35(40(3,38)39)28-13-8-5-9-14-28/h4-9,11-14,16-19,24,29H,10,15,20-23H2,1-3H3,(H,33,37)/t29-/m0/s1. The zero-order valence-corrected chi connectivity index (χ0v) is 24.9. The summed E-state index contributed by atoms with van der Waals surface area (Å²) in [5.41, 5.74) is 2.33. The molecule has 0 aromatic heterocycles. The van der Waals surface area contributed by atoms with Gasteiger partial charge in [0.1, 0.15) is 6.04 Å². The molecule has 0 saturated carbocycles. The fourth-order valence-corrected chi connectivity index (χ4v) is 5.45. The Labute approximate surface area is 243 Å². The van der Waals surface area contributed by atoms with Crippen molar-refractivity contribution >= 4 is 39.1 Å². The van der Waals surface area contributed by atoms with Gasteiger partial charge in [-0.1, -0.05) is 86.1 Å². The zero-order chi connectivity index (χ0) is 29.1. The van der Waals surface area contributed by atoms with E-state index in [-0.39, 0.29) is 37.2 Å². The molecule has 3 aromatic carbocycles. The van der Waals surface area contributed by atoms with Crippen molar-refractivity contribution in [1.29, 1.82) is 0 Å². The zero-order valence-electron chi connectivity index (χ0n) is 23.3. The minimum Gasteiger partial charge on any atom is -0.354 e. The number of para-hydroxylation sites is 1. The first-order chi connectivity index (χ1) is 19.0. The van der Waals surface area contributed by atoms with Crippen LogP contribution in [0.1, 0.15) is 37.8 Å². The van der Waals surface area contributed by atoms with Gasteiger partial charge >= 0.3 is 0 Å². The van der Waals surface area contributed by atoms with Gasteiger partial charge in [0.25, 0.3) is 0 Å². The van der Waals surface area contributed by atoms with E-state index in [1.54, 1.807) is 41.3 Å². The summed E-state index contributed by atoms with van der Waals surface area (Å²) in [6.07, 6.45) is 1.88. The molecule has 7 nitrogen and oxygen atoms in total. The second-order valence-electron chi connectivity index (χ2n) is 10.3. The fraction of sp³-hybridized carbons (Fsp3) is 0.355. The summed E-state index contributed by atoms with van der Waals surface area (Å²) in [6, 6.07) is 24.9. The van der Waals surface area contributed by atoms with E-state index in [4.69, 9.17) is 11.6 Å². The summed E-state index contributed by atoms with van der Waals surface area (Å²) >= 11 is 6.09. The summed E-state index contributed by atoms with van der Waals surface area (Å²) in [5.74, 6) is -0.194. The summed E-state index contributed by atoms with van der Waals surface area (Å²) in [6.45, 7) is 4.89. The van der Waals surface area contributed by atoms with E-state index in [1.807, 2.05) is 62.4 Å². The van der Waals surface area contributed by atoms with Crippen LogP contribution in [0.15, 0.2) is 84.9 Å². The highest BCUT2D eigenvalue weighted by Crippen LogP contribution is 2.20. The molecule has 0 aliphatic heterocycles. The normalized spacial score (nSPS) is 12.1. The van der Waals surface area contributed by atoms with Crippen LogP contribution in [0.4, 0.5) is 5.69 Å². The number of sulfonamides is 1. The molecule has 214 valence electrons. The van der Waals surface area contributed by atoms with Crippen LogP contribution < -0.4 is 9.62 Å². The van der Waals surface area contributed by atoms with Crippen molar-refractivity contribution in [1.82, 2.24) is 10.2 Å². The van der Waals surface area contributed by atoms with Crippen molar-refractivity contribution in [2.45, 2.75) is 45.7 Å². The molecule has 0 aliphatic rings. The Morgan fingerprint density at radius 3 is 2.05 bits per heavy atom. The molecule has 0 bridgehead atoms. The van der Waals surface area contributed by atoms with Gasteiger partial charge in [0, 0.05) is 37.5 Å². The summed E-state index contributed by atoms with van der Waals surface area (Å²) < 4.78 is 26.3. The van der Waals surface area contributed by atoms with Crippen LogP contribution in [0, 0.1) is 5.92 Å². The average molecular weight is 584 g/mol. The quantitative estimate of drug-likeness (QED) is 0.279. The monoisotopic (exact) mass is 583 g/mol. The van der Waals surface area contributed by atoms with E-state index in [2.05, 4.69) is 5.32 Å². The molecule has 0 heterocycles. The van der Waals surface area contributed by atoms with E-state index < -0.39 is 16.1 Å². The van der Waals surface area contributed by atoms with Crippen molar-refractivity contribution in [2.24, 2.45) is 5.92 Å². The summed E-state index contributed by atoms with van der Waals surface area (Å²) in [4.78, 5) is 28.9. The topological polar surface area (TPSA) is 86.8 Å². The van der Waals surface area contributed by atoms with Crippen LogP contribution in [0.25, 0.3) is 0 Å². The maximum absolute atomic E-state index is 13.8. The van der Waals surface area contributed by atoms with Crippen molar-refractivity contribution < 1.29 is 18.0 Å². The molecule has 3 aromatic rings. The number of nitrogens with zero attached hydrogens (tertiary/aromatic N) is 2. The highest BCUT2D eigenvalue weighted by Gasteiger charge is 2.30. The van der Waals surface area contributed by atoms with Crippen LogP contribution >= 0.6 is 11.6 Å². The summed E-state index contributed by atoms with van der Waals surface area (Å²) in [5, 5.41) is 3.59. The molecule has 1 atom stereocenters. The Balaban J connectivity index is 1.86. The molecule has 2 amide bonds. The molecule has 0 unspecified atom stereocenters. The lowest BCUT2D eigenvalue weighted by Gasteiger charge is -2.32. The minimum absolute atomic E-state index is 0.0786. The second-order valence-corrected chi connectivity index (χ2v) is 12.6. The Morgan fingerprint density at radius 1 is 0.875 bits per heavy atom. The number of halogens is 1. The molecule has 3 rings (SSSR count). The van der Waals surface area contributed by atoms with E-state index in [9.17, 15) is 18.0 Å². The lowest BCUT2D eigenvalue weighted by Crippen LogP contribution is -2.51. The van der Waals surface area contributed by atoms with Gasteiger partial charge in [-0.25, -0.2) is 8.42 Å². The molecule has 1 N–H and O–H groups in total. The number of benzene rings is 3. The Morgan fingerprint density at radius 2 is 1.48 bits per heavy atom. The van der Waals surface area contributed by atoms with Gasteiger partial charge in [0.2, 0.25) is 21.8 Å². The Hall–Kier alpha value is -3.36. The smallest absolute Gasteiger partial charge is 0.243 e. The third-order valence-electron chi connectivity index (χ3n) is 6.42. The van der Waals surface area contributed by atoms with E-state index in [0.29, 0.717) is 30.1 Å². The highest BCUT2D eigenvalue weighted by molar-refractivity contribution is 7.92.